The molecule has 0 aliphatic carbocycles. The topological polar surface area (TPSA) is 104 Å². The molecular formula is C29H34N4O4. The zero-order valence-electron chi connectivity index (χ0n) is 21.5. The van der Waals surface area contributed by atoms with Gasteiger partial charge >= 0.3 is 0 Å². The second-order valence-electron chi connectivity index (χ2n) is 10.0. The average molecular weight is 503 g/mol. The molecule has 1 aromatic heterocycles. The number of carbonyl (C=O) groups excluding carboxylic acids is 2. The third-order valence-electron chi connectivity index (χ3n) is 7.13. The van der Waals surface area contributed by atoms with Crippen molar-refractivity contribution in [2.45, 2.75) is 45.4 Å². The lowest BCUT2D eigenvalue weighted by atomic mass is 9.87. The van der Waals surface area contributed by atoms with Gasteiger partial charge in [-0.15, -0.1) is 6.58 Å². The van der Waals surface area contributed by atoms with E-state index in [0.717, 1.165) is 22.2 Å². The molecule has 8 heteroatoms. The van der Waals surface area contributed by atoms with Crippen molar-refractivity contribution in [2.24, 2.45) is 5.92 Å². The number of benzene rings is 2. The molecule has 1 fully saturated rings. The largest absolute Gasteiger partial charge is 0.489 e. The molecule has 2 atom stereocenters. The van der Waals surface area contributed by atoms with E-state index in [-0.39, 0.29) is 11.4 Å². The Morgan fingerprint density at radius 1 is 1.22 bits per heavy atom. The summed E-state index contributed by atoms with van der Waals surface area (Å²) >= 11 is 0. The van der Waals surface area contributed by atoms with Crippen LogP contribution in [0.3, 0.4) is 0 Å². The molecule has 8 nitrogen and oxygen atoms in total. The van der Waals surface area contributed by atoms with Crippen LogP contribution in [-0.2, 0) is 11.4 Å². The van der Waals surface area contributed by atoms with Crippen LogP contribution in [0.2, 0.25) is 0 Å². The summed E-state index contributed by atoms with van der Waals surface area (Å²) in [7, 11) is 0. The zero-order valence-corrected chi connectivity index (χ0v) is 21.5. The number of carbonyl (C=O) groups is 2. The van der Waals surface area contributed by atoms with Gasteiger partial charge in [-0.25, -0.2) is 5.48 Å². The first-order valence-corrected chi connectivity index (χ1v) is 12.4. The van der Waals surface area contributed by atoms with Gasteiger partial charge in [-0.2, -0.15) is 0 Å². The molecule has 1 aliphatic heterocycles. The number of pyridine rings is 1. The summed E-state index contributed by atoms with van der Waals surface area (Å²) in [6.45, 7) is 11.4. The average Bonchev–Trinajstić information content (AvgIpc) is 2.91. The molecule has 0 spiro atoms. The van der Waals surface area contributed by atoms with Gasteiger partial charge in [0.25, 0.3) is 5.91 Å². The van der Waals surface area contributed by atoms with Gasteiger partial charge in [-0.3, -0.25) is 24.7 Å². The number of nitrogens with one attached hydrogen (secondary N) is 2. The normalized spacial score (nSPS) is 18.3. The fourth-order valence-electron chi connectivity index (χ4n) is 4.78. The van der Waals surface area contributed by atoms with Crippen LogP contribution in [-0.4, -0.2) is 51.6 Å². The number of fused-ring (bicyclic) bond motifs is 1. The first-order valence-electron chi connectivity index (χ1n) is 12.4. The summed E-state index contributed by atoms with van der Waals surface area (Å²) in [5, 5.41) is 13.2. The minimum absolute atomic E-state index is 0.290. The Kier molecular flexibility index (Phi) is 7.90. The van der Waals surface area contributed by atoms with Crippen LogP contribution in [0, 0.1) is 12.8 Å². The lowest BCUT2D eigenvalue weighted by molar-refractivity contribution is -0.136. The molecule has 2 amide bonds. The highest BCUT2D eigenvalue weighted by Crippen LogP contribution is 2.26. The number of para-hydroxylation sites is 1. The lowest BCUT2D eigenvalue weighted by Gasteiger charge is -2.44. The Labute approximate surface area is 217 Å². The van der Waals surface area contributed by atoms with Gasteiger partial charge in [0.15, 0.2) is 0 Å². The van der Waals surface area contributed by atoms with Crippen molar-refractivity contribution in [1.82, 2.24) is 20.7 Å². The number of nitrogens with zero attached hydrogens (tertiary/aromatic N) is 2. The number of amides is 2. The Hall–Kier alpha value is -3.75. The lowest BCUT2D eigenvalue weighted by Crippen LogP contribution is -2.60. The third kappa shape index (κ3) is 5.98. The van der Waals surface area contributed by atoms with Crippen LogP contribution in [0.15, 0.2) is 67.3 Å². The van der Waals surface area contributed by atoms with E-state index < -0.39 is 17.9 Å². The summed E-state index contributed by atoms with van der Waals surface area (Å²) in [6, 6.07) is 16.4. The van der Waals surface area contributed by atoms with Crippen LogP contribution in [0.4, 0.5) is 0 Å². The van der Waals surface area contributed by atoms with E-state index in [1.165, 1.54) is 0 Å². The molecule has 4 rings (SSSR count). The second kappa shape index (κ2) is 11.1. The number of hydrogen-bond donors (Lipinski definition) is 3. The SMILES string of the molecule is C=CC(C)(C)N1CC[C@H](C(=O)NO)[C@H](NC(=O)c2ccc(OCc3cc(C)nc4ccccc34)cc2)C1. The van der Waals surface area contributed by atoms with Gasteiger partial charge in [0.1, 0.15) is 12.4 Å². The van der Waals surface area contributed by atoms with Crippen molar-refractivity contribution >= 4 is 22.7 Å². The third-order valence-corrected chi connectivity index (χ3v) is 7.13. The maximum atomic E-state index is 13.1. The standard InChI is InChI=1S/C29H34N4O4/c1-5-29(3,4)33-15-14-24(28(35)32-36)26(17-33)31-27(34)20-10-12-22(13-11-20)37-18-21-16-19(2)30-25-9-7-6-8-23(21)25/h5-13,16,24,26,36H,1,14-15,17-18H2,2-4H3,(H,31,34)(H,32,35)/t24-,26+/m0/s1. The number of aromatic nitrogens is 1. The highest BCUT2D eigenvalue weighted by molar-refractivity contribution is 5.95. The molecule has 0 bridgehead atoms. The molecule has 0 radical (unpaired) electrons. The van der Waals surface area contributed by atoms with Crippen molar-refractivity contribution in [3.63, 3.8) is 0 Å². The number of likely N-dealkylation sites (tertiary alicyclic amines) is 1. The van der Waals surface area contributed by atoms with Gasteiger partial charge in [0, 0.05) is 34.3 Å². The van der Waals surface area contributed by atoms with Crippen molar-refractivity contribution in [2.75, 3.05) is 13.1 Å². The van der Waals surface area contributed by atoms with E-state index in [0.29, 0.717) is 37.4 Å². The van der Waals surface area contributed by atoms with Gasteiger partial charge in [-0.1, -0.05) is 24.3 Å². The van der Waals surface area contributed by atoms with Crippen molar-refractivity contribution in [3.8, 4) is 5.75 Å². The molecule has 37 heavy (non-hydrogen) atoms. The minimum atomic E-state index is -0.535. The highest BCUT2D eigenvalue weighted by atomic mass is 16.5. The van der Waals surface area contributed by atoms with E-state index in [9.17, 15) is 14.8 Å². The summed E-state index contributed by atoms with van der Waals surface area (Å²) in [4.78, 5) is 32.1. The summed E-state index contributed by atoms with van der Waals surface area (Å²) < 4.78 is 6.01. The van der Waals surface area contributed by atoms with Gasteiger partial charge in [-0.05, 0) is 70.1 Å². The van der Waals surface area contributed by atoms with E-state index >= 15 is 0 Å². The molecule has 3 aromatic rings. The van der Waals surface area contributed by atoms with Crippen LogP contribution < -0.4 is 15.5 Å². The van der Waals surface area contributed by atoms with Crippen molar-refractivity contribution in [1.29, 1.82) is 0 Å². The van der Waals surface area contributed by atoms with Gasteiger partial charge < -0.3 is 10.1 Å². The number of ether oxygens (including phenoxy) is 1. The molecule has 0 saturated carbocycles. The number of hydrogen-bond acceptors (Lipinski definition) is 6. The summed E-state index contributed by atoms with van der Waals surface area (Å²) in [5.41, 5.74) is 4.81. The maximum absolute atomic E-state index is 13.1. The van der Waals surface area contributed by atoms with E-state index in [1.54, 1.807) is 29.7 Å². The van der Waals surface area contributed by atoms with E-state index in [4.69, 9.17) is 4.74 Å². The highest BCUT2D eigenvalue weighted by Gasteiger charge is 2.38. The zero-order chi connectivity index (χ0) is 26.6. The maximum Gasteiger partial charge on any atom is 0.251 e. The predicted octanol–water partition coefficient (Wildman–Crippen LogP) is 4.01. The van der Waals surface area contributed by atoms with Gasteiger partial charge in [0.2, 0.25) is 5.91 Å². The van der Waals surface area contributed by atoms with Crippen LogP contribution in [0.5, 0.6) is 5.75 Å². The Morgan fingerprint density at radius 2 is 1.95 bits per heavy atom. The fourth-order valence-corrected chi connectivity index (χ4v) is 4.78. The van der Waals surface area contributed by atoms with Gasteiger partial charge in [0.05, 0.1) is 17.5 Å². The van der Waals surface area contributed by atoms with Crippen molar-refractivity contribution in [3.05, 3.63) is 84.1 Å². The molecular weight excluding hydrogens is 468 g/mol. The second-order valence-corrected chi connectivity index (χ2v) is 10.0. The molecule has 1 aliphatic rings. The first-order chi connectivity index (χ1) is 17.7. The monoisotopic (exact) mass is 502 g/mol. The molecule has 3 N–H and O–H groups in total. The summed E-state index contributed by atoms with van der Waals surface area (Å²) in [6.07, 6.45) is 2.36. The fraction of sp³-hybridized carbons (Fsp3) is 0.345. The number of rotatable bonds is 8. The Bertz CT molecular complexity index is 1290. The van der Waals surface area contributed by atoms with Crippen LogP contribution in [0.25, 0.3) is 10.9 Å². The van der Waals surface area contributed by atoms with Crippen LogP contribution in [0.1, 0.15) is 41.9 Å². The number of hydroxylamine groups is 1. The number of piperidine rings is 1. The quantitative estimate of drug-likeness (QED) is 0.244. The Morgan fingerprint density at radius 3 is 2.65 bits per heavy atom. The minimum Gasteiger partial charge on any atom is -0.489 e. The molecule has 194 valence electrons. The first kappa shape index (κ1) is 26.3. The van der Waals surface area contributed by atoms with E-state index in [1.807, 2.05) is 57.2 Å². The molecule has 0 unspecified atom stereocenters. The molecule has 2 aromatic carbocycles. The van der Waals surface area contributed by atoms with Crippen LogP contribution >= 0.6 is 0 Å². The molecule has 2 heterocycles. The Balaban J connectivity index is 1.43. The smallest absolute Gasteiger partial charge is 0.251 e. The molecule has 1 saturated heterocycles. The predicted molar refractivity (Wildman–Crippen MR) is 142 cm³/mol. The number of aryl methyl sites for hydroxylation is 1. The summed E-state index contributed by atoms with van der Waals surface area (Å²) in [5.74, 6) is -0.679. The van der Waals surface area contributed by atoms with E-state index in [2.05, 4.69) is 21.8 Å². The van der Waals surface area contributed by atoms with Crippen molar-refractivity contribution < 1.29 is 19.5 Å².